The van der Waals surface area contributed by atoms with E-state index in [-0.39, 0.29) is 17.7 Å². The summed E-state index contributed by atoms with van der Waals surface area (Å²) in [6.45, 7) is 5.53. The second-order valence-electron chi connectivity index (χ2n) is 7.78. The van der Waals surface area contributed by atoms with Crippen molar-refractivity contribution < 1.29 is 9.59 Å². The van der Waals surface area contributed by atoms with E-state index in [1.165, 1.54) is 4.88 Å². The number of rotatable bonds is 4. The van der Waals surface area contributed by atoms with E-state index in [0.29, 0.717) is 23.7 Å². The molecule has 1 atom stereocenters. The lowest BCUT2D eigenvalue weighted by Crippen LogP contribution is -2.52. The quantitative estimate of drug-likeness (QED) is 0.742. The first-order valence-corrected chi connectivity index (χ1v) is 11.4. The SMILES string of the molecule is O=C(c1ccc(Cl)cc1)N1CCCC(C(=O)N2CCN(Cc3cccs3)CC2)C1. The highest BCUT2D eigenvalue weighted by molar-refractivity contribution is 7.09. The van der Waals surface area contributed by atoms with Gasteiger partial charge in [0.15, 0.2) is 0 Å². The van der Waals surface area contributed by atoms with Gasteiger partial charge in [0.25, 0.3) is 5.91 Å². The Labute approximate surface area is 180 Å². The fourth-order valence-electron chi connectivity index (χ4n) is 4.15. The molecule has 2 aromatic rings. The lowest BCUT2D eigenvalue weighted by atomic mass is 9.95. The van der Waals surface area contributed by atoms with Gasteiger partial charge in [0.1, 0.15) is 0 Å². The third kappa shape index (κ3) is 5.00. The summed E-state index contributed by atoms with van der Waals surface area (Å²) < 4.78 is 0. The van der Waals surface area contributed by atoms with E-state index in [4.69, 9.17) is 11.6 Å². The first-order chi connectivity index (χ1) is 14.1. The Bertz CT molecular complexity index is 832. The van der Waals surface area contributed by atoms with Crippen LogP contribution in [-0.2, 0) is 11.3 Å². The van der Waals surface area contributed by atoms with Crippen molar-refractivity contribution in [2.75, 3.05) is 39.3 Å². The zero-order valence-corrected chi connectivity index (χ0v) is 18.0. The van der Waals surface area contributed by atoms with E-state index in [0.717, 1.165) is 45.6 Å². The lowest BCUT2D eigenvalue weighted by molar-refractivity contribution is -0.138. The minimum absolute atomic E-state index is 0.0140. The van der Waals surface area contributed by atoms with Crippen molar-refractivity contribution in [3.8, 4) is 0 Å². The minimum Gasteiger partial charge on any atom is -0.340 e. The standard InChI is InChI=1S/C22H26ClN3O2S/c23-19-7-5-17(6-8-19)21(27)26-9-1-3-18(15-26)22(28)25-12-10-24(11-13-25)16-20-4-2-14-29-20/h2,4-8,14,18H,1,3,9-13,15-16H2. The summed E-state index contributed by atoms with van der Waals surface area (Å²) in [6.07, 6.45) is 1.73. The van der Waals surface area contributed by atoms with Gasteiger partial charge in [0, 0.05) is 61.3 Å². The van der Waals surface area contributed by atoms with Crippen molar-refractivity contribution in [1.29, 1.82) is 0 Å². The molecule has 7 heteroatoms. The molecule has 1 aromatic heterocycles. The minimum atomic E-state index is -0.0937. The van der Waals surface area contributed by atoms with Crippen molar-refractivity contribution in [2.24, 2.45) is 5.92 Å². The van der Waals surface area contributed by atoms with Crippen LogP contribution in [-0.4, -0.2) is 65.8 Å². The summed E-state index contributed by atoms with van der Waals surface area (Å²) in [6, 6.07) is 11.2. The van der Waals surface area contributed by atoms with E-state index in [1.54, 1.807) is 35.6 Å². The van der Waals surface area contributed by atoms with Gasteiger partial charge in [-0.1, -0.05) is 17.7 Å². The van der Waals surface area contributed by atoms with Crippen LogP contribution in [0, 0.1) is 5.92 Å². The van der Waals surface area contributed by atoms with Crippen LogP contribution in [0.3, 0.4) is 0 Å². The first-order valence-electron chi connectivity index (χ1n) is 10.2. The van der Waals surface area contributed by atoms with Crippen LogP contribution >= 0.6 is 22.9 Å². The van der Waals surface area contributed by atoms with Gasteiger partial charge in [-0.25, -0.2) is 0 Å². The highest BCUT2D eigenvalue weighted by atomic mass is 35.5. The topological polar surface area (TPSA) is 43.9 Å². The molecule has 0 aliphatic carbocycles. The van der Waals surface area contributed by atoms with E-state index < -0.39 is 0 Å². The van der Waals surface area contributed by atoms with Gasteiger partial charge in [-0.2, -0.15) is 0 Å². The normalized spacial score (nSPS) is 20.7. The average molecular weight is 432 g/mol. The maximum Gasteiger partial charge on any atom is 0.253 e. The third-order valence-electron chi connectivity index (χ3n) is 5.79. The van der Waals surface area contributed by atoms with Crippen LogP contribution in [0.15, 0.2) is 41.8 Å². The summed E-state index contributed by atoms with van der Waals surface area (Å²) in [5.74, 6) is 0.0955. The van der Waals surface area contributed by atoms with Crippen molar-refractivity contribution >= 4 is 34.8 Å². The molecular formula is C22H26ClN3O2S. The molecule has 2 saturated heterocycles. The Morgan fingerprint density at radius 2 is 1.76 bits per heavy atom. The second-order valence-corrected chi connectivity index (χ2v) is 9.25. The molecule has 2 amide bonds. The molecule has 2 aliphatic rings. The number of thiophene rings is 1. The van der Waals surface area contributed by atoms with Gasteiger partial charge >= 0.3 is 0 Å². The number of halogens is 1. The highest BCUT2D eigenvalue weighted by Crippen LogP contribution is 2.22. The number of carbonyl (C=O) groups excluding carboxylic acids is 2. The van der Waals surface area contributed by atoms with Gasteiger partial charge in [-0.3, -0.25) is 14.5 Å². The Hall–Kier alpha value is -1.89. The maximum absolute atomic E-state index is 13.1. The molecule has 2 aliphatic heterocycles. The maximum atomic E-state index is 13.1. The third-order valence-corrected chi connectivity index (χ3v) is 6.91. The summed E-state index contributed by atoms with van der Waals surface area (Å²) in [7, 11) is 0. The van der Waals surface area contributed by atoms with Crippen LogP contribution in [0.5, 0.6) is 0 Å². The van der Waals surface area contributed by atoms with Crippen LogP contribution in [0.2, 0.25) is 5.02 Å². The molecule has 3 heterocycles. The summed E-state index contributed by atoms with van der Waals surface area (Å²) in [5.41, 5.74) is 0.629. The fraction of sp³-hybridized carbons (Fsp3) is 0.455. The number of carbonyl (C=O) groups is 2. The van der Waals surface area contributed by atoms with E-state index in [9.17, 15) is 9.59 Å². The molecular weight excluding hydrogens is 406 g/mol. The van der Waals surface area contributed by atoms with Crippen molar-refractivity contribution in [2.45, 2.75) is 19.4 Å². The summed E-state index contributed by atoms with van der Waals surface area (Å²) >= 11 is 7.71. The molecule has 0 spiro atoms. The van der Waals surface area contributed by atoms with Gasteiger partial charge in [0.05, 0.1) is 5.92 Å². The van der Waals surface area contributed by atoms with E-state index in [1.807, 2.05) is 9.80 Å². The molecule has 0 saturated carbocycles. The van der Waals surface area contributed by atoms with E-state index >= 15 is 0 Å². The van der Waals surface area contributed by atoms with Gasteiger partial charge in [-0.15, -0.1) is 11.3 Å². The summed E-state index contributed by atoms with van der Waals surface area (Å²) in [4.78, 5) is 33.5. The zero-order valence-electron chi connectivity index (χ0n) is 16.4. The fourth-order valence-corrected chi connectivity index (χ4v) is 5.02. The molecule has 5 nitrogen and oxygen atoms in total. The zero-order chi connectivity index (χ0) is 20.2. The van der Waals surface area contributed by atoms with Crippen LogP contribution in [0.4, 0.5) is 0 Å². The molecule has 0 N–H and O–H groups in total. The molecule has 29 heavy (non-hydrogen) atoms. The molecule has 1 aromatic carbocycles. The number of piperidine rings is 1. The van der Waals surface area contributed by atoms with Crippen molar-refractivity contribution in [3.63, 3.8) is 0 Å². The molecule has 0 bridgehead atoms. The Morgan fingerprint density at radius 1 is 1.00 bits per heavy atom. The Morgan fingerprint density at radius 3 is 2.45 bits per heavy atom. The number of hydrogen-bond acceptors (Lipinski definition) is 4. The number of nitrogens with zero attached hydrogens (tertiary/aromatic N) is 3. The lowest BCUT2D eigenvalue weighted by Gasteiger charge is -2.39. The largest absolute Gasteiger partial charge is 0.340 e. The van der Waals surface area contributed by atoms with Crippen LogP contribution < -0.4 is 0 Å². The average Bonchev–Trinajstić information content (AvgIpc) is 3.27. The second kappa shape index (κ2) is 9.28. The molecule has 0 radical (unpaired) electrons. The number of piperazine rings is 1. The Balaban J connectivity index is 1.31. The van der Waals surface area contributed by atoms with Crippen LogP contribution in [0.25, 0.3) is 0 Å². The number of benzene rings is 1. The van der Waals surface area contributed by atoms with Crippen molar-refractivity contribution in [1.82, 2.24) is 14.7 Å². The van der Waals surface area contributed by atoms with Crippen molar-refractivity contribution in [3.05, 3.63) is 57.2 Å². The molecule has 4 rings (SSSR count). The number of amides is 2. The Kier molecular flexibility index (Phi) is 6.53. The predicted molar refractivity (Wildman–Crippen MR) is 116 cm³/mol. The first kappa shape index (κ1) is 20.4. The number of likely N-dealkylation sites (tertiary alicyclic amines) is 1. The summed E-state index contributed by atoms with van der Waals surface area (Å²) in [5, 5.41) is 2.72. The van der Waals surface area contributed by atoms with Gasteiger partial charge in [-0.05, 0) is 48.6 Å². The monoisotopic (exact) mass is 431 g/mol. The molecule has 1 unspecified atom stereocenters. The smallest absolute Gasteiger partial charge is 0.253 e. The van der Waals surface area contributed by atoms with E-state index in [2.05, 4.69) is 22.4 Å². The van der Waals surface area contributed by atoms with Gasteiger partial charge in [0.2, 0.25) is 5.91 Å². The molecule has 2 fully saturated rings. The molecule has 154 valence electrons. The highest BCUT2D eigenvalue weighted by Gasteiger charge is 2.32. The predicted octanol–water partition coefficient (Wildman–Crippen LogP) is 3.60. The van der Waals surface area contributed by atoms with Gasteiger partial charge < -0.3 is 9.80 Å². The number of hydrogen-bond donors (Lipinski definition) is 0. The van der Waals surface area contributed by atoms with Crippen LogP contribution in [0.1, 0.15) is 28.1 Å².